The van der Waals surface area contributed by atoms with Crippen LogP contribution in [0.2, 0.25) is 5.02 Å². The van der Waals surface area contributed by atoms with Crippen molar-refractivity contribution in [2.24, 2.45) is 0 Å². The maximum absolute atomic E-state index is 13.3. The summed E-state index contributed by atoms with van der Waals surface area (Å²) in [5.74, 6) is 0. The zero-order chi connectivity index (χ0) is 18.0. The number of rotatable bonds is 5. The number of nitrogens with one attached hydrogen (secondary N) is 1. The van der Waals surface area contributed by atoms with Gasteiger partial charge < -0.3 is 9.45 Å². The van der Waals surface area contributed by atoms with Crippen molar-refractivity contribution in [3.05, 3.63) is 28.5 Å². The van der Waals surface area contributed by atoms with Gasteiger partial charge in [0.2, 0.25) is 0 Å². The number of pyridine rings is 1. The van der Waals surface area contributed by atoms with Crippen LogP contribution in [0.1, 0.15) is 38.1 Å². The van der Waals surface area contributed by atoms with Gasteiger partial charge in [-0.1, -0.05) is 11.6 Å². The van der Waals surface area contributed by atoms with Crippen LogP contribution >= 0.6 is 11.6 Å². The summed E-state index contributed by atoms with van der Waals surface area (Å²) in [7, 11) is 3.66. The Labute approximate surface area is 142 Å². The first-order chi connectivity index (χ1) is 10.3. The number of alkyl halides is 3. The van der Waals surface area contributed by atoms with E-state index in [1.165, 1.54) is 12.3 Å². The van der Waals surface area contributed by atoms with Gasteiger partial charge in [-0.05, 0) is 46.5 Å². The van der Waals surface area contributed by atoms with Crippen molar-refractivity contribution in [2.75, 3.05) is 14.1 Å². The largest absolute Gasteiger partial charge is 0.598 e. The van der Waals surface area contributed by atoms with E-state index in [1.54, 1.807) is 20.8 Å². The highest BCUT2D eigenvalue weighted by atomic mass is 35.5. The van der Waals surface area contributed by atoms with Gasteiger partial charge in [0, 0.05) is 24.1 Å². The summed E-state index contributed by atoms with van der Waals surface area (Å²) in [5.41, 5.74) is 0.320. The predicted octanol–water partition coefficient (Wildman–Crippen LogP) is 3.45. The van der Waals surface area contributed by atoms with Crippen LogP contribution in [0.5, 0.6) is 0 Å². The molecule has 0 saturated heterocycles. The quantitative estimate of drug-likeness (QED) is 0.805. The monoisotopic (exact) mass is 371 g/mol. The van der Waals surface area contributed by atoms with Crippen LogP contribution in [0.25, 0.3) is 0 Å². The molecule has 1 unspecified atom stereocenters. The van der Waals surface area contributed by atoms with Crippen molar-refractivity contribution in [3.8, 4) is 0 Å². The third-order valence-electron chi connectivity index (χ3n) is 2.81. The molecule has 0 fully saturated rings. The Morgan fingerprint density at radius 2 is 1.91 bits per heavy atom. The summed E-state index contributed by atoms with van der Waals surface area (Å²) >= 11 is 4.08. The van der Waals surface area contributed by atoms with E-state index in [9.17, 15) is 17.7 Å². The van der Waals surface area contributed by atoms with Crippen LogP contribution in [0.4, 0.5) is 13.2 Å². The molecule has 0 aliphatic rings. The first kappa shape index (κ1) is 20.5. The molecule has 0 amide bonds. The average molecular weight is 372 g/mol. The van der Waals surface area contributed by atoms with Gasteiger partial charge in [0.05, 0.1) is 10.7 Å². The first-order valence-corrected chi connectivity index (χ1v) is 8.39. The van der Waals surface area contributed by atoms with E-state index in [1.807, 2.05) is 19.0 Å². The molecular weight excluding hydrogens is 351 g/mol. The summed E-state index contributed by atoms with van der Waals surface area (Å²) in [4.78, 5) is 5.71. The zero-order valence-corrected chi connectivity index (χ0v) is 15.2. The average Bonchev–Trinajstić information content (AvgIpc) is 2.33. The Hall–Kier alpha value is -0.540. The van der Waals surface area contributed by atoms with Gasteiger partial charge >= 0.3 is 6.18 Å². The second-order valence-corrected chi connectivity index (χ2v) is 8.83. The minimum atomic E-state index is -4.67. The highest BCUT2D eigenvalue weighted by Crippen LogP contribution is 2.36. The Morgan fingerprint density at radius 1 is 1.35 bits per heavy atom. The van der Waals surface area contributed by atoms with E-state index < -0.39 is 28.3 Å². The predicted molar refractivity (Wildman–Crippen MR) is 86.5 cm³/mol. The maximum atomic E-state index is 13.3. The fourth-order valence-corrected chi connectivity index (χ4v) is 2.82. The van der Waals surface area contributed by atoms with Crippen molar-refractivity contribution in [3.63, 3.8) is 0 Å². The lowest BCUT2D eigenvalue weighted by Crippen LogP contribution is -2.46. The van der Waals surface area contributed by atoms with Crippen LogP contribution in [0.3, 0.4) is 0 Å². The van der Waals surface area contributed by atoms with Crippen LogP contribution < -0.4 is 4.72 Å². The molecule has 1 aromatic rings. The summed E-state index contributed by atoms with van der Waals surface area (Å²) in [5, 5.41) is -0.106. The highest BCUT2D eigenvalue weighted by Gasteiger charge is 2.47. The molecule has 0 aromatic carbocycles. The molecule has 132 valence electrons. The zero-order valence-electron chi connectivity index (χ0n) is 13.7. The lowest BCUT2D eigenvalue weighted by molar-refractivity contribution is -0.153. The van der Waals surface area contributed by atoms with Crippen LogP contribution in [-0.4, -0.2) is 39.5 Å². The van der Waals surface area contributed by atoms with Crippen molar-refractivity contribution in [1.82, 2.24) is 14.6 Å². The molecule has 0 bridgehead atoms. The third kappa shape index (κ3) is 6.11. The molecule has 1 aromatic heterocycles. The van der Waals surface area contributed by atoms with Crippen LogP contribution in [0.15, 0.2) is 12.3 Å². The SMILES string of the molecule is CN(C)Cc1cnc(C(N[S@@+]([O-])C(C)(C)C)C(F)(F)F)c(Cl)c1. The smallest absolute Gasteiger partial charge is 0.413 e. The second kappa shape index (κ2) is 7.57. The number of nitrogens with zero attached hydrogens (tertiary/aromatic N) is 2. The molecule has 4 nitrogen and oxygen atoms in total. The second-order valence-electron chi connectivity index (χ2n) is 6.42. The summed E-state index contributed by atoms with van der Waals surface area (Å²) in [6.45, 7) is 5.25. The number of hydrogen-bond donors (Lipinski definition) is 1. The molecule has 1 rings (SSSR count). The van der Waals surface area contributed by atoms with Gasteiger partial charge in [-0.2, -0.15) is 13.2 Å². The van der Waals surface area contributed by atoms with Gasteiger partial charge in [0.25, 0.3) is 0 Å². The number of aromatic nitrogens is 1. The molecule has 1 N–H and O–H groups in total. The van der Waals surface area contributed by atoms with E-state index in [4.69, 9.17) is 11.6 Å². The minimum absolute atomic E-state index is 0.106. The van der Waals surface area contributed by atoms with Gasteiger partial charge in [-0.25, -0.2) is 0 Å². The topological polar surface area (TPSA) is 51.2 Å². The Morgan fingerprint density at radius 3 is 2.30 bits per heavy atom. The fourth-order valence-electron chi connectivity index (χ4n) is 1.71. The minimum Gasteiger partial charge on any atom is -0.598 e. The maximum Gasteiger partial charge on any atom is 0.413 e. The summed E-state index contributed by atoms with van der Waals surface area (Å²) in [6.07, 6.45) is -3.32. The van der Waals surface area contributed by atoms with Crippen molar-refractivity contribution in [2.45, 2.75) is 44.3 Å². The molecule has 2 atom stereocenters. The van der Waals surface area contributed by atoms with Crippen LogP contribution in [-0.2, 0) is 17.9 Å². The molecular formula is C14H21ClF3N3OS. The molecule has 0 radical (unpaired) electrons. The van der Waals surface area contributed by atoms with E-state index in [2.05, 4.69) is 9.71 Å². The van der Waals surface area contributed by atoms with Crippen LogP contribution in [0, 0.1) is 0 Å². The number of halogens is 4. The molecule has 0 aliphatic carbocycles. The number of hydrogen-bond acceptors (Lipinski definition) is 4. The summed E-state index contributed by atoms with van der Waals surface area (Å²) in [6, 6.07) is -0.743. The molecule has 0 saturated carbocycles. The highest BCUT2D eigenvalue weighted by molar-refractivity contribution is 7.90. The van der Waals surface area contributed by atoms with Gasteiger partial charge in [0.15, 0.2) is 6.04 Å². The molecule has 1 heterocycles. The normalized spacial score (nSPS) is 15.8. The standard InChI is InChI=1S/C14H21ClF3N3OS/c1-13(2,3)23(22)20-12(14(16,17)18)11-10(15)6-9(7-19-11)8-21(4)5/h6-7,12,20H,8H2,1-5H3/t12?,23-/m0/s1. The van der Waals surface area contributed by atoms with E-state index in [0.717, 1.165) is 0 Å². The molecule has 0 aliphatic heterocycles. The molecule has 0 spiro atoms. The van der Waals surface area contributed by atoms with Gasteiger partial charge in [0.1, 0.15) is 4.75 Å². The summed E-state index contributed by atoms with van der Waals surface area (Å²) < 4.78 is 53.3. The van der Waals surface area contributed by atoms with Crippen molar-refractivity contribution < 1.29 is 17.7 Å². The fraction of sp³-hybridized carbons (Fsp3) is 0.643. The lowest BCUT2D eigenvalue weighted by atomic mass is 10.1. The van der Waals surface area contributed by atoms with Gasteiger partial charge in [-0.3, -0.25) is 4.98 Å². The Kier molecular flexibility index (Phi) is 6.74. The molecule has 23 heavy (non-hydrogen) atoms. The Balaban J connectivity index is 3.14. The molecule has 9 heteroatoms. The van der Waals surface area contributed by atoms with E-state index in [0.29, 0.717) is 12.1 Å². The first-order valence-electron chi connectivity index (χ1n) is 6.86. The van der Waals surface area contributed by atoms with Crippen molar-refractivity contribution in [1.29, 1.82) is 0 Å². The van der Waals surface area contributed by atoms with Crippen molar-refractivity contribution >= 4 is 23.0 Å². The van der Waals surface area contributed by atoms with Gasteiger partial charge in [-0.15, -0.1) is 4.72 Å². The lowest BCUT2D eigenvalue weighted by Gasteiger charge is -2.29. The third-order valence-corrected chi connectivity index (χ3v) is 4.67. The van der Waals surface area contributed by atoms with E-state index in [-0.39, 0.29) is 10.7 Å². The Bertz CT molecular complexity index is 535. The van der Waals surface area contributed by atoms with E-state index >= 15 is 0 Å².